The summed E-state index contributed by atoms with van der Waals surface area (Å²) in [4.78, 5) is 16.3. The van der Waals surface area contributed by atoms with E-state index in [0.29, 0.717) is 18.9 Å². The molecule has 2 rings (SSSR count). The summed E-state index contributed by atoms with van der Waals surface area (Å²) in [6.45, 7) is 6.50. The monoisotopic (exact) mass is 240 g/mol. The van der Waals surface area contributed by atoms with Gasteiger partial charge in [0.25, 0.3) is 0 Å². The SMILES string of the molecule is CCCC(=O)N1CCOC2(CCN(C)CC2)C1. The molecule has 2 aliphatic rings. The molecule has 2 heterocycles. The highest BCUT2D eigenvalue weighted by Crippen LogP contribution is 2.29. The minimum absolute atomic E-state index is 0.0475. The van der Waals surface area contributed by atoms with Crippen LogP contribution in [-0.4, -0.2) is 61.1 Å². The highest BCUT2D eigenvalue weighted by atomic mass is 16.5. The van der Waals surface area contributed by atoms with Crippen molar-refractivity contribution in [3.8, 4) is 0 Å². The molecule has 0 saturated carbocycles. The van der Waals surface area contributed by atoms with Crippen LogP contribution in [0.25, 0.3) is 0 Å². The van der Waals surface area contributed by atoms with E-state index in [1.54, 1.807) is 0 Å². The van der Waals surface area contributed by atoms with E-state index in [9.17, 15) is 4.79 Å². The Hall–Kier alpha value is -0.610. The van der Waals surface area contributed by atoms with E-state index < -0.39 is 0 Å². The van der Waals surface area contributed by atoms with Gasteiger partial charge >= 0.3 is 0 Å². The third-order valence-corrected chi connectivity index (χ3v) is 3.96. The number of amides is 1. The predicted molar refractivity (Wildman–Crippen MR) is 66.9 cm³/mol. The zero-order valence-electron chi connectivity index (χ0n) is 11.1. The van der Waals surface area contributed by atoms with Crippen molar-refractivity contribution < 1.29 is 9.53 Å². The fraction of sp³-hybridized carbons (Fsp3) is 0.923. The van der Waals surface area contributed by atoms with E-state index in [4.69, 9.17) is 4.74 Å². The lowest BCUT2D eigenvalue weighted by atomic mass is 9.89. The third kappa shape index (κ3) is 2.99. The highest BCUT2D eigenvalue weighted by molar-refractivity contribution is 5.76. The molecule has 0 aliphatic carbocycles. The second-order valence-electron chi connectivity index (χ2n) is 5.40. The lowest BCUT2D eigenvalue weighted by Gasteiger charge is -2.46. The predicted octanol–water partition coefficient (Wildman–Crippen LogP) is 1.11. The molecule has 0 unspecified atom stereocenters. The van der Waals surface area contributed by atoms with Gasteiger partial charge in [0.05, 0.1) is 12.2 Å². The Labute approximate surface area is 104 Å². The van der Waals surface area contributed by atoms with E-state index in [0.717, 1.165) is 45.4 Å². The van der Waals surface area contributed by atoms with Crippen molar-refractivity contribution in [1.82, 2.24) is 9.80 Å². The third-order valence-electron chi connectivity index (χ3n) is 3.96. The summed E-state index contributed by atoms with van der Waals surface area (Å²) in [5.74, 6) is 0.300. The zero-order valence-corrected chi connectivity index (χ0v) is 11.1. The molecule has 0 aromatic heterocycles. The second-order valence-corrected chi connectivity index (χ2v) is 5.40. The molecular formula is C13H24N2O2. The minimum Gasteiger partial charge on any atom is -0.371 e. The first-order chi connectivity index (χ1) is 8.15. The van der Waals surface area contributed by atoms with Crippen LogP contribution in [0, 0.1) is 0 Å². The van der Waals surface area contributed by atoms with E-state index in [1.165, 1.54) is 0 Å². The fourth-order valence-corrected chi connectivity index (χ4v) is 2.76. The first kappa shape index (κ1) is 12.8. The van der Waals surface area contributed by atoms with Crippen molar-refractivity contribution in [3.63, 3.8) is 0 Å². The van der Waals surface area contributed by atoms with Crippen LogP contribution in [0.4, 0.5) is 0 Å². The van der Waals surface area contributed by atoms with Gasteiger partial charge < -0.3 is 14.5 Å². The second kappa shape index (κ2) is 5.36. The first-order valence-electron chi connectivity index (χ1n) is 6.75. The number of hydrogen-bond acceptors (Lipinski definition) is 3. The molecule has 1 spiro atoms. The average Bonchev–Trinajstić information content (AvgIpc) is 2.34. The number of likely N-dealkylation sites (tertiary alicyclic amines) is 1. The lowest BCUT2D eigenvalue weighted by Crippen LogP contribution is -2.57. The summed E-state index contributed by atoms with van der Waals surface area (Å²) >= 11 is 0. The largest absolute Gasteiger partial charge is 0.371 e. The molecule has 1 amide bonds. The summed E-state index contributed by atoms with van der Waals surface area (Å²) in [7, 11) is 2.15. The smallest absolute Gasteiger partial charge is 0.222 e. The van der Waals surface area contributed by atoms with Gasteiger partial charge in [0, 0.05) is 32.6 Å². The number of hydrogen-bond donors (Lipinski definition) is 0. The van der Waals surface area contributed by atoms with Crippen molar-refractivity contribution >= 4 is 5.91 Å². The van der Waals surface area contributed by atoms with Crippen LogP contribution in [0.1, 0.15) is 32.6 Å². The van der Waals surface area contributed by atoms with Crippen LogP contribution in [0.3, 0.4) is 0 Å². The van der Waals surface area contributed by atoms with E-state index in [2.05, 4.69) is 18.9 Å². The Kier molecular flexibility index (Phi) is 4.05. The number of morpholine rings is 1. The molecule has 98 valence electrons. The van der Waals surface area contributed by atoms with Crippen LogP contribution < -0.4 is 0 Å². The van der Waals surface area contributed by atoms with Gasteiger partial charge in [-0.3, -0.25) is 4.79 Å². The highest BCUT2D eigenvalue weighted by Gasteiger charge is 2.39. The number of nitrogens with zero attached hydrogens (tertiary/aromatic N) is 2. The van der Waals surface area contributed by atoms with Gasteiger partial charge in [0.1, 0.15) is 0 Å². The van der Waals surface area contributed by atoms with Crippen molar-refractivity contribution in [2.24, 2.45) is 0 Å². The molecule has 0 radical (unpaired) electrons. The molecule has 0 bridgehead atoms. The fourth-order valence-electron chi connectivity index (χ4n) is 2.76. The Bertz CT molecular complexity index is 273. The molecule has 0 aromatic rings. The van der Waals surface area contributed by atoms with Gasteiger partial charge in [-0.15, -0.1) is 0 Å². The van der Waals surface area contributed by atoms with Crippen molar-refractivity contribution in [2.75, 3.05) is 39.8 Å². The normalized spacial score (nSPS) is 25.2. The van der Waals surface area contributed by atoms with Gasteiger partial charge in [-0.2, -0.15) is 0 Å². The van der Waals surface area contributed by atoms with Crippen LogP contribution in [0.15, 0.2) is 0 Å². The molecule has 0 atom stereocenters. The minimum atomic E-state index is -0.0475. The summed E-state index contributed by atoms with van der Waals surface area (Å²) in [6, 6.07) is 0. The van der Waals surface area contributed by atoms with Crippen LogP contribution in [0.5, 0.6) is 0 Å². The molecule has 0 N–H and O–H groups in total. The van der Waals surface area contributed by atoms with E-state index >= 15 is 0 Å². The molecule has 2 aliphatic heterocycles. The summed E-state index contributed by atoms with van der Waals surface area (Å²) in [5, 5.41) is 0. The summed E-state index contributed by atoms with van der Waals surface area (Å²) in [6.07, 6.45) is 3.72. The number of ether oxygens (including phenoxy) is 1. The van der Waals surface area contributed by atoms with Gasteiger partial charge in [-0.25, -0.2) is 0 Å². The van der Waals surface area contributed by atoms with E-state index in [1.807, 2.05) is 4.90 Å². The number of rotatable bonds is 2. The van der Waals surface area contributed by atoms with Gasteiger partial charge in [-0.1, -0.05) is 6.92 Å². The van der Waals surface area contributed by atoms with Gasteiger partial charge in [0.15, 0.2) is 0 Å². The van der Waals surface area contributed by atoms with E-state index in [-0.39, 0.29) is 5.60 Å². The maximum absolute atomic E-state index is 11.9. The average molecular weight is 240 g/mol. The number of carbonyl (C=O) groups is 1. The quantitative estimate of drug-likeness (QED) is 0.725. The van der Waals surface area contributed by atoms with Crippen LogP contribution in [0.2, 0.25) is 0 Å². The Morgan fingerprint density at radius 2 is 2.00 bits per heavy atom. The number of piperidine rings is 1. The molecule has 17 heavy (non-hydrogen) atoms. The molecule has 4 heteroatoms. The molecule has 4 nitrogen and oxygen atoms in total. The maximum Gasteiger partial charge on any atom is 0.222 e. The molecular weight excluding hydrogens is 216 g/mol. The Morgan fingerprint density at radius 3 is 2.65 bits per heavy atom. The molecule has 2 saturated heterocycles. The summed E-state index contributed by atoms with van der Waals surface area (Å²) < 4.78 is 5.99. The maximum atomic E-state index is 11.9. The van der Waals surface area contributed by atoms with Crippen molar-refractivity contribution in [2.45, 2.75) is 38.2 Å². The Balaban J connectivity index is 1.94. The Morgan fingerprint density at radius 1 is 1.29 bits per heavy atom. The van der Waals surface area contributed by atoms with Gasteiger partial charge in [-0.05, 0) is 26.3 Å². The van der Waals surface area contributed by atoms with Crippen LogP contribution >= 0.6 is 0 Å². The topological polar surface area (TPSA) is 32.8 Å². The van der Waals surface area contributed by atoms with Gasteiger partial charge in [0.2, 0.25) is 5.91 Å². The standard InChI is InChI=1S/C13H24N2O2/c1-3-4-12(16)15-9-10-17-13(11-15)5-7-14(2)8-6-13/h3-11H2,1-2H3. The number of carbonyl (C=O) groups excluding carboxylic acids is 1. The molecule has 2 fully saturated rings. The summed E-state index contributed by atoms with van der Waals surface area (Å²) in [5.41, 5.74) is -0.0475. The van der Waals surface area contributed by atoms with Crippen molar-refractivity contribution in [1.29, 1.82) is 0 Å². The first-order valence-corrected chi connectivity index (χ1v) is 6.75. The lowest BCUT2D eigenvalue weighted by molar-refractivity contribution is -0.158. The molecule has 0 aromatic carbocycles. The van der Waals surface area contributed by atoms with Crippen LogP contribution in [-0.2, 0) is 9.53 Å². The zero-order chi connectivity index (χ0) is 12.3. The van der Waals surface area contributed by atoms with Crippen molar-refractivity contribution in [3.05, 3.63) is 0 Å².